The van der Waals surface area contributed by atoms with E-state index in [0.717, 1.165) is 11.8 Å². The Morgan fingerprint density at radius 2 is 2.38 bits per heavy atom. The van der Waals surface area contributed by atoms with Crippen molar-refractivity contribution in [1.29, 1.82) is 5.26 Å². The minimum absolute atomic E-state index is 0.0607. The van der Waals surface area contributed by atoms with E-state index in [1.165, 1.54) is 12.1 Å². The van der Waals surface area contributed by atoms with E-state index in [1.807, 2.05) is 5.40 Å². The van der Waals surface area contributed by atoms with Gasteiger partial charge in [-0.2, -0.15) is 5.26 Å². The van der Waals surface area contributed by atoms with Gasteiger partial charge in [-0.1, -0.05) is 17.7 Å². The van der Waals surface area contributed by atoms with Crippen LogP contribution < -0.4 is 5.32 Å². The molecule has 84 valence electrons. The van der Waals surface area contributed by atoms with Gasteiger partial charge in [0.15, 0.2) is 0 Å². The zero-order chi connectivity index (χ0) is 12.0. The van der Waals surface area contributed by atoms with Gasteiger partial charge < -0.3 is 5.32 Å². The molecule has 0 amide bonds. The Balaban J connectivity index is 2.77. The topological polar surface area (TPSA) is 79.0 Å². The fourth-order valence-electron chi connectivity index (χ4n) is 1.11. The molecule has 16 heavy (non-hydrogen) atoms. The maximum absolute atomic E-state index is 10.7. The molecule has 0 aliphatic rings. The second kappa shape index (κ2) is 6.20. The maximum Gasteiger partial charge on any atom is 0.293 e. The highest BCUT2D eigenvalue weighted by atomic mass is 35.5. The standard InChI is InChI=1S/C9H8ClN3O2S/c10-7-2-1-3-8(13(14)15)9(7)12-4-5-16-6-11/h1-3,12H,4-5H2. The number of nitriles is 1. The van der Waals surface area contributed by atoms with Crippen LogP contribution in [0.15, 0.2) is 18.2 Å². The molecule has 7 heteroatoms. The van der Waals surface area contributed by atoms with Crippen LogP contribution in [0.4, 0.5) is 11.4 Å². The lowest BCUT2D eigenvalue weighted by Crippen LogP contribution is -2.06. The maximum atomic E-state index is 10.7. The summed E-state index contributed by atoms with van der Waals surface area (Å²) in [5.41, 5.74) is 0.238. The first kappa shape index (κ1) is 12.6. The van der Waals surface area contributed by atoms with E-state index in [-0.39, 0.29) is 5.69 Å². The average Bonchev–Trinajstić information content (AvgIpc) is 2.25. The minimum Gasteiger partial charge on any atom is -0.377 e. The van der Waals surface area contributed by atoms with E-state index >= 15 is 0 Å². The van der Waals surface area contributed by atoms with Crippen molar-refractivity contribution in [2.24, 2.45) is 0 Å². The zero-order valence-corrected chi connectivity index (χ0v) is 9.72. The first-order valence-electron chi connectivity index (χ1n) is 4.34. The number of benzene rings is 1. The van der Waals surface area contributed by atoms with Crippen LogP contribution in [0.25, 0.3) is 0 Å². The number of hydrogen-bond donors (Lipinski definition) is 1. The predicted octanol–water partition coefficient (Wildman–Crippen LogP) is 2.87. The Morgan fingerprint density at radius 3 is 3.00 bits per heavy atom. The summed E-state index contributed by atoms with van der Waals surface area (Å²) in [6.45, 7) is 0.447. The zero-order valence-electron chi connectivity index (χ0n) is 8.14. The van der Waals surface area contributed by atoms with Crippen molar-refractivity contribution < 1.29 is 4.92 Å². The number of nitrogens with zero attached hydrogens (tertiary/aromatic N) is 2. The molecule has 0 bridgehead atoms. The van der Waals surface area contributed by atoms with E-state index < -0.39 is 4.92 Å². The fraction of sp³-hybridized carbons (Fsp3) is 0.222. The molecule has 0 aromatic heterocycles. The van der Waals surface area contributed by atoms with Crippen LogP contribution in [0.5, 0.6) is 0 Å². The van der Waals surface area contributed by atoms with Gasteiger partial charge >= 0.3 is 0 Å². The van der Waals surface area contributed by atoms with Gasteiger partial charge in [0.25, 0.3) is 5.69 Å². The quantitative estimate of drug-likeness (QED) is 0.380. The third-order valence-electron chi connectivity index (χ3n) is 1.76. The molecular weight excluding hydrogens is 250 g/mol. The Hall–Kier alpha value is -1.45. The molecule has 0 heterocycles. The Bertz CT molecular complexity index is 433. The summed E-state index contributed by atoms with van der Waals surface area (Å²) in [6.07, 6.45) is 0. The number of hydrogen-bond acceptors (Lipinski definition) is 5. The van der Waals surface area contributed by atoms with Crippen LogP contribution >= 0.6 is 23.4 Å². The van der Waals surface area contributed by atoms with Crippen molar-refractivity contribution in [1.82, 2.24) is 0 Å². The lowest BCUT2D eigenvalue weighted by atomic mass is 10.2. The molecule has 0 saturated heterocycles. The molecule has 0 unspecified atom stereocenters. The highest BCUT2D eigenvalue weighted by Crippen LogP contribution is 2.31. The number of halogens is 1. The molecule has 1 N–H and O–H groups in total. The van der Waals surface area contributed by atoms with E-state index in [1.54, 1.807) is 6.07 Å². The molecule has 1 aromatic carbocycles. The number of thioether (sulfide) groups is 1. The Labute approximate surface area is 102 Å². The number of anilines is 1. The molecule has 0 fully saturated rings. The van der Waals surface area contributed by atoms with Crippen molar-refractivity contribution in [3.05, 3.63) is 33.3 Å². The van der Waals surface area contributed by atoms with E-state index in [9.17, 15) is 10.1 Å². The van der Waals surface area contributed by atoms with Crippen molar-refractivity contribution >= 4 is 34.7 Å². The summed E-state index contributed by atoms with van der Waals surface area (Å²) in [5.74, 6) is 0.541. The van der Waals surface area contributed by atoms with Gasteiger partial charge in [0.1, 0.15) is 11.1 Å². The smallest absolute Gasteiger partial charge is 0.293 e. The van der Waals surface area contributed by atoms with Gasteiger partial charge in [0.05, 0.1) is 9.95 Å². The number of para-hydroxylation sites is 1. The predicted molar refractivity (Wildman–Crippen MR) is 64.7 cm³/mol. The molecule has 0 spiro atoms. The van der Waals surface area contributed by atoms with Crippen molar-refractivity contribution in [2.75, 3.05) is 17.6 Å². The number of nitro benzene ring substituents is 1. The van der Waals surface area contributed by atoms with Crippen molar-refractivity contribution in [3.63, 3.8) is 0 Å². The monoisotopic (exact) mass is 257 g/mol. The van der Waals surface area contributed by atoms with E-state index in [2.05, 4.69) is 5.32 Å². The summed E-state index contributed by atoms with van der Waals surface area (Å²) in [7, 11) is 0. The van der Waals surface area contributed by atoms with Crippen LogP contribution in [-0.2, 0) is 0 Å². The van der Waals surface area contributed by atoms with Gasteiger partial charge in [0.2, 0.25) is 0 Å². The third-order valence-corrected chi connectivity index (χ3v) is 2.61. The lowest BCUT2D eigenvalue weighted by molar-refractivity contribution is -0.383. The summed E-state index contributed by atoms with van der Waals surface area (Å²) in [5, 5.41) is 24.1. The Morgan fingerprint density at radius 1 is 1.62 bits per heavy atom. The normalized spacial score (nSPS) is 9.50. The van der Waals surface area contributed by atoms with E-state index in [4.69, 9.17) is 16.9 Å². The summed E-state index contributed by atoms with van der Waals surface area (Å²) < 4.78 is 0. The van der Waals surface area contributed by atoms with Crippen LogP contribution in [0.3, 0.4) is 0 Å². The molecule has 0 radical (unpaired) electrons. The van der Waals surface area contributed by atoms with Crippen LogP contribution in [0.1, 0.15) is 0 Å². The summed E-state index contributed by atoms with van der Waals surface area (Å²) in [6, 6.07) is 4.48. The van der Waals surface area contributed by atoms with E-state index in [0.29, 0.717) is 23.0 Å². The third kappa shape index (κ3) is 3.29. The molecule has 0 atom stereocenters. The number of rotatable bonds is 5. The molecule has 1 rings (SSSR count). The van der Waals surface area contributed by atoms with Gasteiger partial charge in [-0.3, -0.25) is 10.1 Å². The number of nitrogens with one attached hydrogen (secondary N) is 1. The van der Waals surface area contributed by atoms with Gasteiger partial charge in [-0.15, -0.1) is 0 Å². The van der Waals surface area contributed by atoms with Crippen LogP contribution in [0.2, 0.25) is 5.02 Å². The first-order valence-corrected chi connectivity index (χ1v) is 5.71. The first-order chi connectivity index (χ1) is 7.66. The number of nitro groups is 1. The van der Waals surface area contributed by atoms with Gasteiger partial charge in [-0.25, -0.2) is 0 Å². The largest absolute Gasteiger partial charge is 0.377 e. The number of thiocyanates is 1. The fourth-order valence-corrected chi connectivity index (χ4v) is 1.64. The molecular formula is C9H8ClN3O2S. The second-order valence-electron chi connectivity index (χ2n) is 2.76. The van der Waals surface area contributed by atoms with Gasteiger partial charge in [-0.05, 0) is 17.8 Å². The van der Waals surface area contributed by atoms with Gasteiger partial charge in [0, 0.05) is 18.4 Å². The molecule has 0 aliphatic carbocycles. The lowest BCUT2D eigenvalue weighted by Gasteiger charge is -2.07. The van der Waals surface area contributed by atoms with Crippen molar-refractivity contribution in [2.45, 2.75) is 0 Å². The average molecular weight is 258 g/mol. The molecule has 1 aromatic rings. The highest BCUT2D eigenvalue weighted by Gasteiger charge is 2.15. The molecule has 0 aliphatic heterocycles. The summed E-state index contributed by atoms with van der Waals surface area (Å²) in [4.78, 5) is 10.2. The highest BCUT2D eigenvalue weighted by molar-refractivity contribution is 8.03. The molecule has 0 saturated carbocycles. The van der Waals surface area contributed by atoms with Crippen LogP contribution in [-0.4, -0.2) is 17.2 Å². The molecule has 5 nitrogen and oxygen atoms in total. The SMILES string of the molecule is N#CSCCNc1c(Cl)cccc1[N+](=O)[O-]. The summed E-state index contributed by atoms with van der Waals surface area (Å²) >= 11 is 6.93. The minimum atomic E-state index is -0.494. The van der Waals surface area contributed by atoms with Crippen molar-refractivity contribution in [3.8, 4) is 5.40 Å². The Kier molecular flexibility index (Phi) is 4.89. The second-order valence-corrected chi connectivity index (χ2v) is 4.04. The van der Waals surface area contributed by atoms with Crippen LogP contribution in [0, 0.1) is 20.8 Å².